The van der Waals surface area contributed by atoms with Crippen molar-refractivity contribution in [1.29, 1.82) is 0 Å². The maximum atomic E-state index is 11.1. The van der Waals surface area contributed by atoms with Crippen LogP contribution in [0.2, 0.25) is 0 Å². The van der Waals surface area contributed by atoms with Crippen LogP contribution < -0.4 is 10.6 Å². The predicted molar refractivity (Wildman–Crippen MR) is 72.4 cm³/mol. The van der Waals surface area contributed by atoms with Crippen LogP contribution in [0.4, 0.5) is 11.6 Å². The average molecular weight is 275 g/mol. The van der Waals surface area contributed by atoms with Crippen molar-refractivity contribution in [2.24, 2.45) is 0 Å². The van der Waals surface area contributed by atoms with Crippen molar-refractivity contribution in [3.63, 3.8) is 0 Å². The molecule has 0 saturated carbocycles. The van der Waals surface area contributed by atoms with E-state index in [-0.39, 0.29) is 17.6 Å². The number of carbonyl (C=O) groups excluding carboxylic acids is 1. The van der Waals surface area contributed by atoms with Crippen molar-refractivity contribution < 1.29 is 9.72 Å². The number of rotatable bonds is 3. The minimum absolute atomic E-state index is 0.0256. The van der Waals surface area contributed by atoms with E-state index in [1.54, 1.807) is 6.07 Å². The van der Waals surface area contributed by atoms with Crippen LogP contribution >= 0.6 is 0 Å². The number of nitrogens with zero attached hydrogens (tertiary/aromatic N) is 2. The number of amides is 1. The fourth-order valence-electron chi connectivity index (χ4n) is 2.23. The number of H-pyrrole nitrogens is 1. The summed E-state index contributed by atoms with van der Waals surface area (Å²) in [5, 5.41) is 16.7. The second kappa shape index (κ2) is 4.80. The normalized spacial score (nSPS) is 18.8. The number of carbonyl (C=O) groups is 1. The van der Waals surface area contributed by atoms with Crippen LogP contribution in [0.25, 0.3) is 11.0 Å². The molecule has 2 aromatic rings. The summed E-state index contributed by atoms with van der Waals surface area (Å²) in [6.07, 6.45) is 1.23. The van der Waals surface area contributed by atoms with Gasteiger partial charge in [0.25, 0.3) is 5.69 Å². The smallest absolute Gasteiger partial charge is 0.271 e. The molecule has 8 heteroatoms. The molecule has 8 nitrogen and oxygen atoms in total. The molecule has 20 heavy (non-hydrogen) atoms. The van der Waals surface area contributed by atoms with Gasteiger partial charge in [0.15, 0.2) is 0 Å². The van der Waals surface area contributed by atoms with Crippen molar-refractivity contribution in [3.05, 3.63) is 28.3 Å². The molecule has 1 aliphatic rings. The summed E-state index contributed by atoms with van der Waals surface area (Å²) in [7, 11) is 0. The molecule has 1 saturated heterocycles. The summed E-state index contributed by atoms with van der Waals surface area (Å²) in [5.41, 5.74) is 1.30. The number of anilines is 1. The first-order chi connectivity index (χ1) is 9.61. The summed E-state index contributed by atoms with van der Waals surface area (Å²) in [5.74, 6) is 0.616. The van der Waals surface area contributed by atoms with E-state index in [2.05, 4.69) is 20.6 Å². The van der Waals surface area contributed by atoms with Crippen LogP contribution in [0.5, 0.6) is 0 Å². The molecule has 104 valence electrons. The number of benzene rings is 1. The molecule has 0 spiro atoms. The predicted octanol–water partition coefficient (Wildman–Crippen LogP) is 1.16. The van der Waals surface area contributed by atoms with E-state index in [9.17, 15) is 14.9 Å². The first kappa shape index (κ1) is 12.4. The molecule has 1 fully saturated rings. The summed E-state index contributed by atoms with van der Waals surface area (Å²) in [6.45, 7) is 0.552. The van der Waals surface area contributed by atoms with Gasteiger partial charge in [-0.1, -0.05) is 0 Å². The zero-order chi connectivity index (χ0) is 14.1. The van der Waals surface area contributed by atoms with Crippen LogP contribution in [-0.4, -0.2) is 33.4 Å². The largest absolute Gasteiger partial charge is 0.354 e. The number of non-ortho nitro benzene ring substituents is 1. The highest BCUT2D eigenvalue weighted by atomic mass is 16.6. The molecule has 0 aliphatic carbocycles. The summed E-state index contributed by atoms with van der Waals surface area (Å²) >= 11 is 0. The van der Waals surface area contributed by atoms with Gasteiger partial charge in [-0.25, -0.2) is 4.98 Å². The van der Waals surface area contributed by atoms with E-state index in [1.165, 1.54) is 12.1 Å². The Bertz CT molecular complexity index is 671. The Morgan fingerprint density at radius 2 is 2.30 bits per heavy atom. The van der Waals surface area contributed by atoms with E-state index < -0.39 is 4.92 Å². The minimum Gasteiger partial charge on any atom is -0.354 e. The third-order valence-electron chi connectivity index (χ3n) is 3.28. The van der Waals surface area contributed by atoms with Crippen LogP contribution in [0, 0.1) is 10.1 Å². The van der Waals surface area contributed by atoms with E-state index in [1.807, 2.05) is 0 Å². The lowest BCUT2D eigenvalue weighted by molar-refractivity contribution is -0.384. The maximum Gasteiger partial charge on any atom is 0.271 e. The summed E-state index contributed by atoms with van der Waals surface area (Å²) < 4.78 is 0. The van der Waals surface area contributed by atoms with Gasteiger partial charge in [-0.3, -0.25) is 14.9 Å². The number of imidazole rings is 1. The third kappa shape index (κ3) is 2.40. The lowest BCUT2D eigenvalue weighted by Gasteiger charge is -2.22. The molecule has 1 atom stereocenters. The second-order valence-electron chi connectivity index (χ2n) is 4.73. The molecule has 0 radical (unpaired) electrons. The molecule has 1 aromatic carbocycles. The number of piperidine rings is 1. The maximum absolute atomic E-state index is 11.1. The first-order valence-corrected chi connectivity index (χ1v) is 6.29. The van der Waals surface area contributed by atoms with E-state index in [4.69, 9.17) is 0 Å². The zero-order valence-corrected chi connectivity index (χ0v) is 10.5. The van der Waals surface area contributed by atoms with Gasteiger partial charge in [0.1, 0.15) is 0 Å². The Morgan fingerprint density at radius 1 is 1.45 bits per heavy atom. The Morgan fingerprint density at radius 3 is 3.00 bits per heavy atom. The topological polar surface area (TPSA) is 113 Å². The molecule has 1 amide bonds. The molecule has 2 heterocycles. The van der Waals surface area contributed by atoms with Crippen molar-refractivity contribution >= 4 is 28.6 Å². The van der Waals surface area contributed by atoms with E-state index in [0.29, 0.717) is 29.9 Å². The number of aromatic nitrogens is 2. The number of fused-ring (bicyclic) bond motifs is 1. The lowest BCUT2D eigenvalue weighted by atomic mass is 10.1. The van der Waals surface area contributed by atoms with Gasteiger partial charge in [-0.15, -0.1) is 0 Å². The molecular formula is C12H13N5O3. The molecule has 1 aliphatic heterocycles. The van der Waals surface area contributed by atoms with Gasteiger partial charge < -0.3 is 15.6 Å². The van der Waals surface area contributed by atoms with Crippen LogP contribution in [0.1, 0.15) is 12.8 Å². The molecule has 0 bridgehead atoms. The molecule has 3 rings (SSSR count). The SMILES string of the molecule is O=C1CCC(Nc2nc3ccc([N+](=O)[O-])cc3[nH]2)CN1. The number of nitro groups is 1. The van der Waals surface area contributed by atoms with Crippen LogP contribution in [0.3, 0.4) is 0 Å². The second-order valence-corrected chi connectivity index (χ2v) is 4.73. The molecule has 3 N–H and O–H groups in total. The standard InChI is InChI=1S/C12H13N5O3/c18-11-4-1-7(6-13-11)14-12-15-9-3-2-8(17(19)20)5-10(9)16-12/h2-3,5,7H,1,4,6H2,(H,13,18)(H2,14,15,16). The van der Waals surface area contributed by atoms with Crippen molar-refractivity contribution in [2.75, 3.05) is 11.9 Å². The first-order valence-electron chi connectivity index (χ1n) is 6.29. The Labute approximate surface area is 113 Å². The van der Waals surface area contributed by atoms with Crippen LogP contribution in [0.15, 0.2) is 18.2 Å². The fourth-order valence-corrected chi connectivity index (χ4v) is 2.23. The number of nitro benzene ring substituents is 1. The van der Waals surface area contributed by atoms with Gasteiger partial charge in [-0.05, 0) is 12.5 Å². The highest BCUT2D eigenvalue weighted by molar-refractivity contribution is 5.80. The average Bonchev–Trinajstić information content (AvgIpc) is 2.82. The van der Waals surface area contributed by atoms with E-state index in [0.717, 1.165) is 6.42 Å². The Balaban J connectivity index is 1.78. The Hall–Kier alpha value is -2.64. The fraction of sp³-hybridized carbons (Fsp3) is 0.333. The molecular weight excluding hydrogens is 262 g/mol. The van der Waals surface area contributed by atoms with Gasteiger partial charge in [0.2, 0.25) is 11.9 Å². The Kier molecular flexibility index (Phi) is 2.97. The van der Waals surface area contributed by atoms with Gasteiger partial charge in [0, 0.05) is 31.1 Å². The lowest BCUT2D eigenvalue weighted by Crippen LogP contribution is -2.42. The van der Waals surface area contributed by atoms with Gasteiger partial charge >= 0.3 is 0 Å². The molecule has 1 unspecified atom stereocenters. The molecule has 1 aromatic heterocycles. The third-order valence-corrected chi connectivity index (χ3v) is 3.28. The summed E-state index contributed by atoms with van der Waals surface area (Å²) in [6, 6.07) is 4.60. The number of aromatic amines is 1. The highest BCUT2D eigenvalue weighted by Gasteiger charge is 2.19. The van der Waals surface area contributed by atoms with Gasteiger partial charge in [-0.2, -0.15) is 0 Å². The summed E-state index contributed by atoms with van der Waals surface area (Å²) in [4.78, 5) is 28.7. The highest BCUT2D eigenvalue weighted by Crippen LogP contribution is 2.21. The zero-order valence-electron chi connectivity index (χ0n) is 10.5. The number of hydrogen-bond acceptors (Lipinski definition) is 5. The van der Waals surface area contributed by atoms with Gasteiger partial charge in [0.05, 0.1) is 16.0 Å². The minimum atomic E-state index is -0.440. The van der Waals surface area contributed by atoms with Crippen molar-refractivity contribution in [2.45, 2.75) is 18.9 Å². The van der Waals surface area contributed by atoms with Crippen LogP contribution in [-0.2, 0) is 4.79 Å². The van der Waals surface area contributed by atoms with Crippen molar-refractivity contribution in [3.8, 4) is 0 Å². The monoisotopic (exact) mass is 275 g/mol. The number of nitrogens with one attached hydrogen (secondary N) is 3. The quantitative estimate of drug-likeness (QED) is 0.574. The number of hydrogen-bond donors (Lipinski definition) is 3. The van der Waals surface area contributed by atoms with E-state index >= 15 is 0 Å². The van der Waals surface area contributed by atoms with Crippen molar-refractivity contribution in [1.82, 2.24) is 15.3 Å².